The lowest BCUT2D eigenvalue weighted by molar-refractivity contribution is 0.149. The first-order valence-corrected chi connectivity index (χ1v) is 4.26. The second-order valence-corrected chi connectivity index (χ2v) is 3.61. The highest BCUT2D eigenvalue weighted by atomic mass is 19.2. The van der Waals surface area contributed by atoms with E-state index < -0.39 is 17.2 Å². The predicted molar refractivity (Wildman–Crippen MR) is 44.2 cm³/mol. The Morgan fingerprint density at radius 3 is 2.62 bits per heavy atom. The fourth-order valence-corrected chi connectivity index (χ4v) is 1.36. The third kappa shape index (κ3) is 1.70. The van der Waals surface area contributed by atoms with Crippen molar-refractivity contribution in [1.29, 1.82) is 0 Å². The molecule has 0 radical (unpaired) electrons. The standard InChI is InChI=1S/C10H10F2O/c11-8-3-1-2-7(9(8)12)6-10(13)4-5-10/h1-3,13H,4-6H2. The Morgan fingerprint density at radius 2 is 2.00 bits per heavy atom. The highest BCUT2D eigenvalue weighted by molar-refractivity contribution is 5.22. The van der Waals surface area contributed by atoms with Crippen molar-refractivity contribution in [3.63, 3.8) is 0 Å². The molecule has 1 fully saturated rings. The minimum absolute atomic E-state index is 0.219. The monoisotopic (exact) mass is 184 g/mol. The molecule has 0 saturated heterocycles. The lowest BCUT2D eigenvalue weighted by Crippen LogP contribution is -2.12. The Balaban J connectivity index is 2.25. The van der Waals surface area contributed by atoms with Crippen molar-refractivity contribution in [3.8, 4) is 0 Å². The van der Waals surface area contributed by atoms with Gasteiger partial charge in [0.1, 0.15) is 0 Å². The Hall–Kier alpha value is -0.960. The average Bonchev–Trinajstić information content (AvgIpc) is 2.78. The molecule has 1 aliphatic carbocycles. The summed E-state index contributed by atoms with van der Waals surface area (Å²) in [5.41, 5.74) is -0.505. The normalized spacial score (nSPS) is 18.7. The summed E-state index contributed by atoms with van der Waals surface area (Å²) in [6.45, 7) is 0. The molecule has 0 bridgehead atoms. The highest BCUT2D eigenvalue weighted by Crippen LogP contribution is 2.38. The van der Waals surface area contributed by atoms with Crippen molar-refractivity contribution < 1.29 is 13.9 Å². The molecule has 1 aliphatic rings. The van der Waals surface area contributed by atoms with Gasteiger partial charge in [0.2, 0.25) is 0 Å². The lowest BCUT2D eigenvalue weighted by Gasteiger charge is -2.08. The van der Waals surface area contributed by atoms with Gasteiger partial charge in [0.25, 0.3) is 0 Å². The molecule has 13 heavy (non-hydrogen) atoms. The van der Waals surface area contributed by atoms with Crippen molar-refractivity contribution >= 4 is 0 Å². The summed E-state index contributed by atoms with van der Waals surface area (Å²) < 4.78 is 25.8. The molecule has 1 aromatic rings. The van der Waals surface area contributed by atoms with Crippen LogP contribution in [-0.4, -0.2) is 10.7 Å². The SMILES string of the molecule is OC1(Cc2cccc(F)c2F)CC1. The minimum atomic E-state index is -0.846. The van der Waals surface area contributed by atoms with Crippen LogP contribution in [0.15, 0.2) is 18.2 Å². The van der Waals surface area contributed by atoms with Gasteiger partial charge in [0.15, 0.2) is 11.6 Å². The van der Waals surface area contributed by atoms with Crippen molar-refractivity contribution in [2.24, 2.45) is 0 Å². The largest absolute Gasteiger partial charge is 0.390 e. The fraction of sp³-hybridized carbons (Fsp3) is 0.400. The molecular weight excluding hydrogens is 174 g/mol. The molecule has 0 spiro atoms. The van der Waals surface area contributed by atoms with Gasteiger partial charge in [-0.2, -0.15) is 0 Å². The summed E-state index contributed by atoms with van der Waals surface area (Å²) in [5, 5.41) is 9.51. The van der Waals surface area contributed by atoms with E-state index in [0.717, 1.165) is 6.07 Å². The molecule has 1 saturated carbocycles. The number of hydrogen-bond acceptors (Lipinski definition) is 1. The number of halogens is 2. The van der Waals surface area contributed by atoms with Crippen LogP contribution in [0.25, 0.3) is 0 Å². The molecular formula is C10H10F2O. The van der Waals surface area contributed by atoms with E-state index in [-0.39, 0.29) is 12.0 Å². The topological polar surface area (TPSA) is 20.2 Å². The van der Waals surface area contributed by atoms with Gasteiger partial charge in [-0.05, 0) is 24.5 Å². The molecule has 0 unspecified atom stereocenters. The van der Waals surface area contributed by atoms with Crippen LogP contribution in [0.3, 0.4) is 0 Å². The van der Waals surface area contributed by atoms with Crippen LogP contribution in [-0.2, 0) is 6.42 Å². The summed E-state index contributed by atoms with van der Waals surface area (Å²) in [7, 11) is 0. The van der Waals surface area contributed by atoms with Gasteiger partial charge in [0, 0.05) is 6.42 Å². The van der Waals surface area contributed by atoms with Gasteiger partial charge in [0.05, 0.1) is 5.60 Å². The number of aliphatic hydroxyl groups is 1. The predicted octanol–water partition coefficient (Wildman–Crippen LogP) is 2.03. The van der Waals surface area contributed by atoms with Crippen molar-refractivity contribution in [2.45, 2.75) is 24.9 Å². The van der Waals surface area contributed by atoms with E-state index in [9.17, 15) is 13.9 Å². The maximum Gasteiger partial charge on any atom is 0.162 e. The second kappa shape index (κ2) is 2.77. The quantitative estimate of drug-likeness (QED) is 0.745. The van der Waals surface area contributed by atoms with Crippen LogP contribution < -0.4 is 0 Å². The maximum atomic E-state index is 13.1. The zero-order valence-electron chi connectivity index (χ0n) is 7.06. The molecule has 1 aromatic carbocycles. The van der Waals surface area contributed by atoms with E-state index in [1.165, 1.54) is 12.1 Å². The fourth-order valence-electron chi connectivity index (χ4n) is 1.36. The first kappa shape index (κ1) is 8.63. The Kier molecular flexibility index (Phi) is 1.84. The molecule has 0 heterocycles. The summed E-state index contributed by atoms with van der Waals surface area (Å²) in [6.07, 6.45) is 1.59. The number of benzene rings is 1. The first-order valence-electron chi connectivity index (χ1n) is 4.26. The Labute approximate surface area is 75.0 Å². The van der Waals surface area contributed by atoms with Gasteiger partial charge < -0.3 is 5.11 Å². The van der Waals surface area contributed by atoms with E-state index in [1.807, 2.05) is 0 Å². The second-order valence-electron chi connectivity index (χ2n) is 3.61. The first-order chi connectivity index (χ1) is 6.11. The van der Waals surface area contributed by atoms with Crippen LogP contribution in [0.4, 0.5) is 8.78 Å². The summed E-state index contributed by atoms with van der Waals surface area (Å²) >= 11 is 0. The van der Waals surface area contributed by atoms with E-state index in [0.29, 0.717) is 12.8 Å². The van der Waals surface area contributed by atoms with Crippen LogP contribution in [0.5, 0.6) is 0 Å². The van der Waals surface area contributed by atoms with E-state index >= 15 is 0 Å². The molecule has 0 amide bonds. The van der Waals surface area contributed by atoms with Gasteiger partial charge in [-0.1, -0.05) is 12.1 Å². The van der Waals surface area contributed by atoms with Gasteiger partial charge in [-0.3, -0.25) is 0 Å². The average molecular weight is 184 g/mol. The van der Waals surface area contributed by atoms with Crippen LogP contribution in [0.1, 0.15) is 18.4 Å². The Morgan fingerprint density at radius 1 is 1.31 bits per heavy atom. The summed E-state index contributed by atoms with van der Waals surface area (Å²) in [5.74, 6) is -1.68. The molecule has 0 aromatic heterocycles. The lowest BCUT2D eigenvalue weighted by atomic mass is 10.1. The molecule has 70 valence electrons. The smallest absolute Gasteiger partial charge is 0.162 e. The molecule has 0 atom stereocenters. The number of hydrogen-bond donors (Lipinski definition) is 1. The van der Waals surface area contributed by atoms with E-state index in [4.69, 9.17) is 0 Å². The minimum Gasteiger partial charge on any atom is -0.390 e. The third-order valence-corrected chi connectivity index (χ3v) is 2.38. The van der Waals surface area contributed by atoms with E-state index in [2.05, 4.69) is 0 Å². The Bertz CT molecular complexity index is 332. The summed E-state index contributed by atoms with van der Waals surface area (Å²) in [4.78, 5) is 0. The maximum absolute atomic E-state index is 13.1. The molecule has 0 aliphatic heterocycles. The van der Waals surface area contributed by atoms with E-state index in [1.54, 1.807) is 0 Å². The molecule has 1 N–H and O–H groups in total. The molecule has 1 nitrogen and oxygen atoms in total. The molecule has 2 rings (SSSR count). The van der Waals surface area contributed by atoms with Gasteiger partial charge >= 0.3 is 0 Å². The van der Waals surface area contributed by atoms with Crippen molar-refractivity contribution in [1.82, 2.24) is 0 Å². The highest BCUT2D eigenvalue weighted by Gasteiger charge is 2.40. The zero-order chi connectivity index (χ0) is 9.47. The summed E-state index contributed by atoms with van der Waals surface area (Å²) in [6, 6.07) is 4.05. The van der Waals surface area contributed by atoms with Crippen LogP contribution in [0, 0.1) is 11.6 Å². The van der Waals surface area contributed by atoms with Crippen LogP contribution >= 0.6 is 0 Å². The van der Waals surface area contributed by atoms with Crippen molar-refractivity contribution in [3.05, 3.63) is 35.4 Å². The van der Waals surface area contributed by atoms with Gasteiger partial charge in [-0.25, -0.2) is 8.78 Å². The third-order valence-electron chi connectivity index (χ3n) is 2.38. The zero-order valence-corrected chi connectivity index (χ0v) is 7.06. The van der Waals surface area contributed by atoms with Gasteiger partial charge in [-0.15, -0.1) is 0 Å². The number of rotatable bonds is 2. The molecule has 3 heteroatoms. The van der Waals surface area contributed by atoms with Crippen molar-refractivity contribution in [2.75, 3.05) is 0 Å². The van der Waals surface area contributed by atoms with Crippen LogP contribution in [0.2, 0.25) is 0 Å².